The smallest absolute Gasteiger partial charge is 0.319 e. The molecule has 2 N–H and O–H groups in total. The van der Waals surface area contributed by atoms with E-state index in [1.54, 1.807) is 6.07 Å². The highest BCUT2D eigenvalue weighted by Gasteiger charge is 2.39. The lowest BCUT2D eigenvalue weighted by molar-refractivity contribution is -0.142. The van der Waals surface area contributed by atoms with Gasteiger partial charge in [-0.1, -0.05) is 12.1 Å². The number of alkyl halides is 3. The van der Waals surface area contributed by atoms with Crippen LogP contribution in [0.3, 0.4) is 0 Å². The van der Waals surface area contributed by atoms with Crippen molar-refractivity contribution in [2.75, 3.05) is 11.9 Å². The van der Waals surface area contributed by atoms with E-state index in [4.69, 9.17) is 0 Å². The van der Waals surface area contributed by atoms with Gasteiger partial charge in [-0.2, -0.15) is 18.3 Å². The summed E-state index contributed by atoms with van der Waals surface area (Å²) in [6.07, 6.45) is 1.75. The predicted octanol–water partition coefficient (Wildman–Crippen LogP) is 3.98. The summed E-state index contributed by atoms with van der Waals surface area (Å²) in [5.74, 6) is 0.902. The minimum atomic E-state index is -4.35. The van der Waals surface area contributed by atoms with Gasteiger partial charge >= 0.3 is 6.18 Å². The lowest BCUT2D eigenvalue weighted by atomic mass is 10.1. The van der Waals surface area contributed by atoms with Gasteiger partial charge in [-0.05, 0) is 49.4 Å². The van der Waals surface area contributed by atoms with E-state index in [1.165, 1.54) is 25.2 Å². The van der Waals surface area contributed by atoms with Gasteiger partial charge in [-0.3, -0.25) is 9.48 Å². The number of rotatable bonds is 7. The van der Waals surface area contributed by atoms with E-state index in [-0.39, 0.29) is 24.0 Å². The van der Waals surface area contributed by atoms with Crippen LogP contribution in [0.1, 0.15) is 41.1 Å². The Bertz CT molecular complexity index is 835. The number of hydrogen-bond donors (Lipinski definition) is 2. The summed E-state index contributed by atoms with van der Waals surface area (Å²) in [6.45, 7) is -0.113. The molecule has 0 bridgehead atoms. The minimum Gasteiger partial charge on any atom is -0.319 e. The maximum Gasteiger partial charge on any atom is 0.408 e. The number of halogens is 4. The summed E-state index contributed by atoms with van der Waals surface area (Å²) in [5, 5.41) is 9.81. The van der Waals surface area contributed by atoms with Crippen molar-refractivity contribution in [2.45, 2.75) is 43.9 Å². The molecule has 2 atom stereocenters. The van der Waals surface area contributed by atoms with Crippen LogP contribution in [0.15, 0.2) is 36.7 Å². The highest BCUT2D eigenvalue weighted by Crippen LogP contribution is 2.41. The van der Waals surface area contributed by atoms with Crippen LogP contribution in [0, 0.1) is 5.92 Å². The van der Waals surface area contributed by atoms with Crippen LogP contribution >= 0.6 is 12.4 Å². The third-order valence-corrected chi connectivity index (χ3v) is 4.97. The standard InChI is InChI=1S/C19H21F3N4O.ClH/c20-19(21,22)11-26-10-15(9-24-26)25-18(27)14-3-1-2-13(6-14)16-7-17(16)23-8-12-4-5-12;/h1-3,6,9-10,12,16-17,23H,4-5,7-8,11H2,(H,25,27);1H. The molecular formula is C19H22ClF3N4O. The highest BCUT2D eigenvalue weighted by molar-refractivity contribution is 6.04. The Balaban J connectivity index is 0.00000225. The molecule has 0 spiro atoms. The van der Waals surface area contributed by atoms with Gasteiger partial charge in [0.15, 0.2) is 0 Å². The van der Waals surface area contributed by atoms with Crippen molar-refractivity contribution in [3.05, 3.63) is 47.8 Å². The van der Waals surface area contributed by atoms with Crippen molar-refractivity contribution in [1.29, 1.82) is 0 Å². The van der Waals surface area contributed by atoms with Gasteiger partial charge in [0.25, 0.3) is 5.91 Å². The van der Waals surface area contributed by atoms with Gasteiger partial charge in [-0.25, -0.2) is 0 Å². The van der Waals surface area contributed by atoms with Crippen molar-refractivity contribution >= 4 is 24.0 Å². The molecule has 152 valence electrons. The van der Waals surface area contributed by atoms with Crippen LogP contribution < -0.4 is 10.6 Å². The first-order chi connectivity index (χ1) is 12.9. The largest absolute Gasteiger partial charge is 0.408 e. The van der Waals surface area contributed by atoms with Gasteiger partial charge in [-0.15, -0.1) is 12.4 Å². The molecule has 2 aliphatic carbocycles. The van der Waals surface area contributed by atoms with Crippen molar-refractivity contribution in [2.24, 2.45) is 5.92 Å². The summed E-state index contributed by atoms with van der Waals surface area (Å²) in [6, 6.07) is 7.90. The van der Waals surface area contributed by atoms with E-state index >= 15 is 0 Å². The van der Waals surface area contributed by atoms with Gasteiger partial charge in [0.1, 0.15) is 6.54 Å². The third-order valence-electron chi connectivity index (χ3n) is 4.97. The third kappa shape index (κ3) is 5.48. The van der Waals surface area contributed by atoms with Crippen LogP contribution in [-0.2, 0) is 6.54 Å². The topological polar surface area (TPSA) is 59.0 Å². The maximum atomic E-state index is 12.4. The number of hydrogen-bond acceptors (Lipinski definition) is 3. The molecule has 28 heavy (non-hydrogen) atoms. The second-order valence-electron chi connectivity index (χ2n) is 7.42. The zero-order valence-corrected chi connectivity index (χ0v) is 15.9. The summed E-state index contributed by atoms with van der Waals surface area (Å²) in [7, 11) is 0. The fourth-order valence-corrected chi connectivity index (χ4v) is 3.24. The number of nitrogens with one attached hydrogen (secondary N) is 2. The average Bonchev–Trinajstić information content (AvgIpc) is 3.51. The number of carbonyl (C=O) groups is 1. The Kier molecular flexibility index (Phi) is 6.00. The van der Waals surface area contributed by atoms with E-state index in [0.29, 0.717) is 17.5 Å². The first-order valence-corrected chi connectivity index (χ1v) is 9.11. The molecule has 0 radical (unpaired) electrons. The lowest BCUT2D eigenvalue weighted by Crippen LogP contribution is -2.20. The fourth-order valence-electron chi connectivity index (χ4n) is 3.24. The number of amides is 1. The fraction of sp³-hybridized carbons (Fsp3) is 0.474. The average molecular weight is 415 g/mol. The zero-order chi connectivity index (χ0) is 19.0. The minimum absolute atomic E-state index is 0. The number of anilines is 1. The molecule has 9 heteroatoms. The predicted molar refractivity (Wildman–Crippen MR) is 102 cm³/mol. The Hall–Kier alpha value is -2.06. The molecule has 2 aromatic rings. The SMILES string of the molecule is Cl.O=C(Nc1cnn(CC(F)(F)F)c1)c1cccc(C2CC2NCC2CC2)c1. The van der Waals surface area contributed by atoms with Gasteiger partial charge in [0.2, 0.25) is 0 Å². The Morgan fingerprint density at radius 2 is 2.07 bits per heavy atom. The molecular weight excluding hydrogens is 393 g/mol. The quantitative estimate of drug-likeness (QED) is 0.720. The van der Waals surface area contributed by atoms with Crippen LogP contribution in [0.25, 0.3) is 0 Å². The monoisotopic (exact) mass is 414 g/mol. The van der Waals surface area contributed by atoms with Gasteiger partial charge in [0.05, 0.1) is 11.9 Å². The number of aromatic nitrogens is 2. The highest BCUT2D eigenvalue weighted by atomic mass is 35.5. The second-order valence-corrected chi connectivity index (χ2v) is 7.42. The van der Waals surface area contributed by atoms with Crippen LogP contribution in [0.4, 0.5) is 18.9 Å². The Morgan fingerprint density at radius 1 is 1.29 bits per heavy atom. The molecule has 2 unspecified atom stereocenters. The molecule has 2 aliphatic rings. The lowest BCUT2D eigenvalue weighted by Gasteiger charge is -2.07. The first-order valence-electron chi connectivity index (χ1n) is 9.11. The molecule has 0 aliphatic heterocycles. The van der Waals surface area contributed by atoms with Crippen molar-refractivity contribution in [1.82, 2.24) is 15.1 Å². The van der Waals surface area contributed by atoms with E-state index in [0.717, 1.165) is 29.1 Å². The van der Waals surface area contributed by atoms with E-state index in [1.807, 2.05) is 18.2 Å². The molecule has 1 amide bonds. The first kappa shape index (κ1) is 20.7. The molecule has 4 rings (SSSR count). The molecule has 2 fully saturated rings. The Labute approximate surface area is 167 Å². The molecule has 1 aromatic carbocycles. The zero-order valence-electron chi connectivity index (χ0n) is 15.1. The van der Waals surface area contributed by atoms with Gasteiger partial charge in [0, 0.05) is 23.7 Å². The summed E-state index contributed by atoms with van der Waals surface area (Å²) in [5.41, 5.74) is 1.85. The molecule has 2 saturated carbocycles. The van der Waals surface area contributed by atoms with Crippen molar-refractivity contribution < 1.29 is 18.0 Å². The van der Waals surface area contributed by atoms with E-state index < -0.39 is 12.7 Å². The summed E-state index contributed by atoms with van der Waals surface area (Å²) in [4.78, 5) is 12.4. The number of nitrogens with zero attached hydrogens (tertiary/aromatic N) is 2. The maximum absolute atomic E-state index is 12.4. The van der Waals surface area contributed by atoms with Crippen LogP contribution in [0.2, 0.25) is 0 Å². The Morgan fingerprint density at radius 3 is 2.79 bits per heavy atom. The summed E-state index contributed by atoms with van der Waals surface area (Å²) >= 11 is 0. The number of benzene rings is 1. The van der Waals surface area contributed by atoms with Crippen molar-refractivity contribution in [3.8, 4) is 0 Å². The van der Waals surface area contributed by atoms with Gasteiger partial charge < -0.3 is 10.6 Å². The summed E-state index contributed by atoms with van der Waals surface area (Å²) < 4.78 is 37.9. The van der Waals surface area contributed by atoms with E-state index in [2.05, 4.69) is 15.7 Å². The van der Waals surface area contributed by atoms with Crippen LogP contribution in [0.5, 0.6) is 0 Å². The normalized spacial score (nSPS) is 21.1. The molecule has 1 aromatic heterocycles. The van der Waals surface area contributed by atoms with Crippen LogP contribution in [-0.4, -0.2) is 34.5 Å². The number of carbonyl (C=O) groups excluding carboxylic acids is 1. The van der Waals surface area contributed by atoms with Crippen molar-refractivity contribution in [3.63, 3.8) is 0 Å². The second kappa shape index (κ2) is 8.13. The molecule has 5 nitrogen and oxygen atoms in total. The van der Waals surface area contributed by atoms with E-state index in [9.17, 15) is 18.0 Å². The molecule has 1 heterocycles. The molecule has 0 saturated heterocycles.